The molecule has 0 saturated heterocycles. The number of benzene rings is 11. The minimum atomic E-state index is -0.528. The van der Waals surface area contributed by atoms with Gasteiger partial charge in [0.25, 0.3) is 0 Å². The molecule has 0 bridgehead atoms. The lowest BCUT2D eigenvalue weighted by Gasteiger charge is -2.39. The van der Waals surface area contributed by atoms with Crippen molar-refractivity contribution in [3.8, 4) is 33.8 Å². The summed E-state index contributed by atoms with van der Waals surface area (Å²) in [5.74, 6) is 1.83. The van der Waals surface area contributed by atoms with Crippen molar-refractivity contribution in [1.29, 1.82) is 0 Å². The summed E-state index contributed by atoms with van der Waals surface area (Å²) in [6.07, 6.45) is 2.39. The van der Waals surface area contributed by atoms with Crippen LogP contribution in [-0.2, 0) is 10.8 Å². The van der Waals surface area contributed by atoms with Gasteiger partial charge in [0.05, 0.1) is 5.41 Å². The molecule has 2 nitrogen and oxygen atoms in total. The van der Waals surface area contributed by atoms with Crippen LogP contribution < -0.4 is 4.74 Å². The van der Waals surface area contributed by atoms with Crippen LogP contribution in [0.4, 0.5) is 0 Å². The lowest BCUT2D eigenvalue weighted by Crippen LogP contribution is -2.31. The fraction of sp³-hybridized carbons (Fsp3) is 0.0588. The normalized spacial score (nSPS) is 16.0. The fourth-order valence-electron chi connectivity index (χ4n) is 12.4. The summed E-state index contributed by atoms with van der Waals surface area (Å²) in [5, 5.41) is 7.61. The van der Waals surface area contributed by atoms with Crippen LogP contribution in [0.1, 0.15) is 63.9 Å². The van der Waals surface area contributed by atoms with Gasteiger partial charge in [-0.1, -0.05) is 195 Å². The SMILES string of the molecule is CC1(C)c2cc(/C=C(/c3ccc4c(c3)-c3ccccc3C43c4ccccc4Sc4cc(Cl)ccc43)c3cc(-c4ccc5ccccc5c4)c4oc5ccccc5c4c3)ccc2Oc2c1ccc1ccccc21. The van der Waals surface area contributed by atoms with Gasteiger partial charge in [0.1, 0.15) is 22.7 Å². The second-order valence-corrected chi connectivity index (χ2v) is 21.6. The van der Waals surface area contributed by atoms with Crippen molar-refractivity contribution in [2.75, 3.05) is 0 Å². The van der Waals surface area contributed by atoms with Gasteiger partial charge in [-0.15, -0.1) is 0 Å². The summed E-state index contributed by atoms with van der Waals surface area (Å²) < 4.78 is 13.7. The van der Waals surface area contributed by atoms with Crippen LogP contribution in [0, 0.1) is 0 Å². The van der Waals surface area contributed by atoms with Crippen LogP contribution in [0.25, 0.3) is 77.4 Å². The van der Waals surface area contributed by atoms with E-state index in [4.69, 9.17) is 20.8 Å². The summed E-state index contributed by atoms with van der Waals surface area (Å²) in [6.45, 7) is 4.65. The first-order valence-corrected chi connectivity index (χ1v) is 25.8. The third-order valence-corrected chi connectivity index (χ3v) is 17.2. The number of furan rings is 1. The molecule has 12 aromatic rings. The van der Waals surface area contributed by atoms with Crippen LogP contribution in [0.5, 0.6) is 11.5 Å². The molecule has 1 aliphatic carbocycles. The summed E-state index contributed by atoms with van der Waals surface area (Å²) in [5.41, 5.74) is 17.4. The molecule has 1 aromatic heterocycles. The maximum Gasteiger partial charge on any atom is 0.143 e. The molecule has 72 heavy (non-hydrogen) atoms. The largest absolute Gasteiger partial charge is 0.456 e. The van der Waals surface area contributed by atoms with Gasteiger partial charge in [0, 0.05) is 53.1 Å². The van der Waals surface area contributed by atoms with E-state index >= 15 is 0 Å². The topological polar surface area (TPSA) is 22.4 Å². The Hall–Kier alpha value is -8.08. The fourth-order valence-corrected chi connectivity index (χ4v) is 13.9. The highest BCUT2D eigenvalue weighted by Crippen LogP contribution is 2.63. The van der Waals surface area contributed by atoms with E-state index in [0.29, 0.717) is 0 Å². The van der Waals surface area contributed by atoms with Gasteiger partial charge in [-0.05, 0) is 144 Å². The van der Waals surface area contributed by atoms with E-state index in [9.17, 15) is 0 Å². The predicted octanol–water partition coefficient (Wildman–Crippen LogP) is 19.1. The molecule has 1 unspecified atom stereocenters. The molecular weight excluding hydrogens is 916 g/mol. The second kappa shape index (κ2) is 15.5. The highest BCUT2D eigenvalue weighted by molar-refractivity contribution is 7.99. The van der Waals surface area contributed by atoms with Gasteiger partial charge in [0.2, 0.25) is 0 Å². The zero-order valence-corrected chi connectivity index (χ0v) is 41.0. The predicted molar refractivity (Wildman–Crippen MR) is 299 cm³/mol. The van der Waals surface area contributed by atoms with E-state index in [1.54, 1.807) is 0 Å². The molecule has 340 valence electrons. The number of para-hydroxylation sites is 1. The molecule has 15 rings (SSSR count). The molecule has 4 heteroatoms. The molecule has 11 aromatic carbocycles. The Balaban J connectivity index is 0.988. The monoisotopic (exact) mass is 958 g/mol. The maximum atomic E-state index is 6.89. The molecule has 0 N–H and O–H groups in total. The van der Waals surface area contributed by atoms with Gasteiger partial charge in [-0.2, -0.15) is 0 Å². The molecule has 0 saturated carbocycles. The standard InChI is InChI=1S/C68H43ClO2S/c1-67(2)59-30-26-42-14-5-6-16-48(42)66(59)71-62-32-23-40(34-60(62)67)33-51(46-37-52(44-25-24-41-13-3-4-15-43(41)35-44)65-54(38-46)50-18-8-11-21-61(50)70-65)45-27-29-56-53(36-45)49-17-7-9-19-55(49)68(56)57-20-10-12-22-63(57)72-64-39-47(69)28-31-58(64)68/h3-39H,1-2H3/b51-33-. The average molecular weight is 960 g/mol. The van der Waals surface area contributed by atoms with E-state index in [1.165, 1.54) is 64.9 Å². The molecule has 3 aliphatic rings. The molecule has 2 aliphatic heterocycles. The van der Waals surface area contributed by atoms with Crippen molar-refractivity contribution in [3.63, 3.8) is 0 Å². The smallest absolute Gasteiger partial charge is 0.143 e. The van der Waals surface area contributed by atoms with Gasteiger partial charge in [-0.3, -0.25) is 0 Å². The van der Waals surface area contributed by atoms with Crippen molar-refractivity contribution in [3.05, 3.63) is 273 Å². The van der Waals surface area contributed by atoms with Crippen LogP contribution in [0.2, 0.25) is 5.02 Å². The van der Waals surface area contributed by atoms with Crippen molar-refractivity contribution >= 4 is 78.5 Å². The number of ether oxygens (including phenoxy) is 1. The molecule has 0 amide bonds. The molecule has 0 fully saturated rings. The van der Waals surface area contributed by atoms with Crippen LogP contribution in [0.3, 0.4) is 0 Å². The van der Waals surface area contributed by atoms with Gasteiger partial charge < -0.3 is 9.15 Å². The van der Waals surface area contributed by atoms with Crippen molar-refractivity contribution in [1.82, 2.24) is 0 Å². The van der Waals surface area contributed by atoms with Crippen LogP contribution in [-0.4, -0.2) is 0 Å². The average Bonchev–Trinajstić information content (AvgIpc) is 3.93. The number of hydrogen-bond acceptors (Lipinski definition) is 3. The highest BCUT2D eigenvalue weighted by Gasteiger charge is 2.50. The molecule has 1 spiro atoms. The summed E-state index contributed by atoms with van der Waals surface area (Å²) in [6, 6.07) is 79.8. The zero-order valence-electron chi connectivity index (χ0n) is 39.5. The number of rotatable bonds is 4. The Morgan fingerprint density at radius 1 is 0.472 bits per heavy atom. The van der Waals surface area contributed by atoms with E-state index in [2.05, 4.69) is 238 Å². The Bertz CT molecular complexity index is 4350. The van der Waals surface area contributed by atoms with Crippen LogP contribution in [0.15, 0.2) is 233 Å². The second-order valence-electron chi connectivity index (χ2n) is 20.1. The van der Waals surface area contributed by atoms with Gasteiger partial charge in [-0.25, -0.2) is 0 Å². The summed E-state index contributed by atoms with van der Waals surface area (Å²) in [7, 11) is 0. The number of hydrogen-bond donors (Lipinski definition) is 0. The summed E-state index contributed by atoms with van der Waals surface area (Å²) >= 11 is 8.59. The Labute approximate surface area is 426 Å². The third kappa shape index (κ3) is 5.99. The zero-order chi connectivity index (χ0) is 47.9. The van der Waals surface area contributed by atoms with Crippen molar-refractivity contribution in [2.45, 2.75) is 34.5 Å². The molecule has 3 heterocycles. The number of fused-ring (bicyclic) bond motifs is 17. The lowest BCUT2D eigenvalue weighted by atomic mass is 9.67. The molecule has 1 atom stereocenters. The molecular formula is C68H43ClO2S. The van der Waals surface area contributed by atoms with Gasteiger partial charge >= 0.3 is 0 Å². The van der Waals surface area contributed by atoms with E-state index < -0.39 is 5.41 Å². The third-order valence-electron chi connectivity index (χ3n) is 15.8. The summed E-state index contributed by atoms with van der Waals surface area (Å²) in [4.78, 5) is 2.43. The first kappa shape index (κ1) is 41.7. The van der Waals surface area contributed by atoms with E-state index in [-0.39, 0.29) is 5.41 Å². The minimum absolute atomic E-state index is 0.324. The Morgan fingerprint density at radius 3 is 2.07 bits per heavy atom. The maximum absolute atomic E-state index is 6.89. The first-order valence-electron chi connectivity index (χ1n) is 24.6. The van der Waals surface area contributed by atoms with Crippen LogP contribution >= 0.6 is 23.4 Å². The van der Waals surface area contributed by atoms with Crippen molar-refractivity contribution < 1.29 is 9.15 Å². The van der Waals surface area contributed by atoms with Gasteiger partial charge in [0.15, 0.2) is 0 Å². The lowest BCUT2D eigenvalue weighted by molar-refractivity contribution is 0.423. The Morgan fingerprint density at radius 2 is 1.17 bits per heavy atom. The Kier molecular flexibility index (Phi) is 8.95. The highest BCUT2D eigenvalue weighted by atomic mass is 35.5. The quantitative estimate of drug-likeness (QED) is 0.164. The first-order chi connectivity index (χ1) is 35.3. The van der Waals surface area contributed by atoms with E-state index in [0.717, 1.165) is 82.8 Å². The molecule has 0 radical (unpaired) electrons. The minimum Gasteiger partial charge on any atom is -0.456 e. The van der Waals surface area contributed by atoms with E-state index in [1.807, 2.05) is 11.8 Å². The van der Waals surface area contributed by atoms with Crippen molar-refractivity contribution in [2.24, 2.45) is 0 Å². The number of halogens is 1.